The number of nitrogens with one attached hydrogen (secondary N) is 1. The van der Waals surface area contributed by atoms with Crippen LogP contribution in [0.4, 0.5) is 5.69 Å². The van der Waals surface area contributed by atoms with Gasteiger partial charge in [0.1, 0.15) is 0 Å². The summed E-state index contributed by atoms with van der Waals surface area (Å²) in [7, 11) is 0. The van der Waals surface area contributed by atoms with Crippen molar-refractivity contribution in [3.63, 3.8) is 0 Å². The zero-order valence-electron chi connectivity index (χ0n) is 7.54. The molecule has 0 aromatic heterocycles. The Morgan fingerprint density at radius 3 is 2.73 bits per heavy atom. The van der Waals surface area contributed by atoms with Crippen LogP contribution in [-0.4, -0.2) is 11.8 Å². The lowest BCUT2D eigenvalue weighted by Crippen LogP contribution is -2.11. The molecule has 15 heavy (non-hydrogen) atoms. The SMILES string of the molecule is Cl.NC(=O)c1cc2c(cc1Cl)NC(=O)C2. The van der Waals surface area contributed by atoms with E-state index in [4.69, 9.17) is 17.3 Å². The highest BCUT2D eigenvalue weighted by atomic mass is 35.5. The monoisotopic (exact) mass is 246 g/mol. The van der Waals surface area contributed by atoms with Crippen LogP contribution < -0.4 is 11.1 Å². The summed E-state index contributed by atoms with van der Waals surface area (Å²) in [5.74, 6) is -0.685. The first-order chi connectivity index (χ1) is 6.58. The van der Waals surface area contributed by atoms with Crippen LogP contribution in [0.5, 0.6) is 0 Å². The quantitative estimate of drug-likeness (QED) is 0.786. The Hall–Kier alpha value is -1.26. The van der Waals surface area contributed by atoms with E-state index in [1.54, 1.807) is 12.1 Å². The van der Waals surface area contributed by atoms with Crippen LogP contribution >= 0.6 is 24.0 Å². The number of amides is 2. The molecule has 1 aromatic carbocycles. The van der Waals surface area contributed by atoms with Gasteiger partial charge in [-0.15, -0.1) is 12.4 Å². The van der Waals surface area contributed by atoms with Gasteiger partial charge in [-0.2, -0.15) is 0 Å². The van der Waals surface area contributed by atoms with Gasteiger partial charge in [-0.25, -0.2) is 0 Å². The Bertz CT molecular complexity index is 446. The number of hydrogen-bond donors (Lipinski definition) is 2. The summed E-state index contributed by atoms with van der Waals surface area (Å²) >= 11 is 5.80. The van der Waals surface area contributed by atoms with Gasteiger partial charge in [-0.05, 0) is 17.7 Å². The summed E-state index contributed by atoms with van der Waals surface area (Å²) in [5, 5.41) is 2.89. The van der Waals surface area contributed by atoms with Gasteiger partial charge in [-0.1, -0.05) is 11.6 Å². The minimum absolute atomic E-state index is 0. The van der Waals surface area contributed by atoms with Crippen LogP contribution in [-0.2, 0) is 11.2 Å². The number of rotatable bonds is 1. The number of fused-ring (bicyclic) bond motifs is 1. The van der Waals surface area contributed by atoms with Gasteiger partial charge in [0.15, 0.2) is 0 Å². The lowest BCUT2D eigenvalue weighted by atomic mass is 10.1. The van der Waals surface area contributed by atoms with Gasteiger partial charge in [-0.3, -0.25) is 9.59 Å². The second-order valence-corrected chi connectivity index (χ2v) is 3.49. The number of benzene rings is 1. The van der Waals surface area contributed by atoms with Gasteiger partial charge in [0.2, 0.25) is 11.8 Å². The lowest BCUT2D eigenvalue weighted by Gasteiger charge is -2.03. The summed E-state index contributed by atoms with van der Waals surface area (Å²) in [6, 6.07) is 3.10. The van der Waals surface area contributed by atoms with Gasteiger partial charge in [0, 0.05) is 5.69 Å². The molecule has 0 saturated carbocycles. The zero-order chi connectivity index (χ0) is 10.3. The van der Waals surface area contributed by atoms with E-state index in [0.29, 0.717) is 5.69 Å². The van der Waals surface area contributed by atoms with Gasteiger partial charge in [0.05, 0.1) is 17.0 Å². The highest BCUT2D eigenvalue weighted by Gasteiger charge is 2.20. The number of primary amides is 1. The maximum atomic E-state index is 11.0. The molecule has 1 heterocycles. The van der Waals surface area contributed by atoms with E-state index in [-0.39, 0.29) is 35.3 Å². The highest BCUT2D eigenvalue weighted by Crippen LogP contribution is 2.29. The van der Waals surface area contributed by atoms with Gasteiger partial charge < -0.3 is 11.1 Å². The summed E-state index contributed by atoms with van der Waals surface area (Å²) in [6.07, 6.45) is 0.271. The van der Waals surface area contributed by atoms with Crippen LogP contribution in [0, 0.1) is 0 Å². The summed E-state index contributed by atoms with van der Waals surface area (Å²) in [5.41, 5.74) is 6.78. The van der Waals surface area contributed by atoms with Crippen molar-refractivity contribution in [1.82, 2.24) is 0 Å². The number of hydrogen-bond acceptors (Lipinski definition) is 2. The van der Waals surface area contributed by atoms with Crippen molar-refractivity contribution in [2.45, 2.75) is 6.42 Å². The minimum Gasteiger partial charge on any atom is -0.366 e. The van der Waals surface area contributed by atoms with E-state index in [1.807, 2.05) is 0 Å². The number of anilines is 1. The van der Waals surface area contributed by atoms with Crippen LogP contribution in [0.25, 0.3) is 0 Å². The molecule has 1 aliphatic rings. The lowest BCUT2D eigenvalue weighted by molar-refractivity contribution is -0.115. The maximum absolute atomic E-state index is 11.0. The predicted molar refractivity (Wildman–Crippen MR) is 59.6 cm³/mol. The second-order valence-electron chi connectivity index (χ2n) is 3.08. The second kappa shape index (κ2) is 4.08. The largest absolute Gasteiger partial charge is 0.366 e. The van der Waals surface area contributed by atoms with Crippen molar-refractivity contribution in [3.05, 3.63) is 28.3 Å². The molecule has 3 N–H and O–H groups in total. The fourth-order valence-electron chi connectivity index (χ4n) is 1.44. The molecule has 0 fully saturated rings. The van der Waals surface area contributed by atoms with Crippen molar-refractivity contribution in [2.75, 3.05) is 5.32 Å². The smallest absolute Gasteiger partial charge is 0.250 e. The van der Waals surface area contributed by atoms with Crippen LogP contribution in [0.3, 0.4) is 0 Å². The molecule has 0 saturated heterocycles. The molecule has 1 aromatic rings. The Morgan fingerprint density at radius 2 is 2.13 bits per heavy atom. The standard InChI is InChI=1S/C9H7ClN2O2.ClH/c10-6-3-7-4(2-8(13)12-7)1-5(6)9(11)14;/h1,3H,2H2,(H2,11,14)(H,12,13);1H. The molecule has 1 aliphatic heterocycles. The maximum Gasteiger partial charge on any atom is 0.250 e. The molecule has 0 atom stereocenters. The minimum atomic E-state index is -0.586. The summed E-state index contributed by atoms with van der Waals surface area (Å²) in [4.78, 5) is 22.0. The summed E-state index contributed by atoms with van der Waals surface area (Å²) < 4.78 is 0. The highest BCUT2D eigenvalue weighted by molar-refractivity contribution is 6.34. The van der Waals surface area contributed by atoms with E-state index < -0.39 is 5.91 Å². The first kappa shape index (κ1) is 11.8. The average molecular weight is 247 g/mol. The molecule has 0 spiro atoms. The fourth-order valence-corrected chi connectivity index (χ4v) is 1.69. The zero-order valence-corrected chi connectivity index (χ0v) is 9.11. The fraction of sp³-hybridized carbons (Fsp3) is 0.111. The van der Waals surface area contributed by atoms with Crippen LogP contribution in [0.15, 0.2) is 12.1 Å². The molecule has 0 aliphatic carbocycles. The third-order valence-electron chi connectivity index (χ3n) is 2.08. The number of halogens is 2. The van der Waals surface area contributed by atoms with Crippen molar-refractivity contribution in [1.29, 1.82) is 0 Å². The molecule has 80 valence electrons. The average Bonchev–Trinajstić information content (AvgIpc) is 2.42. The third-order valence-corrected chi connectivity index (χ3v) is 2.40. The summed E-state index contributed by atoms with van der Waals surface area (Å²) in [6.45, 7) is 0. The third kappa shape index (κ3) is 2.06. The first-order valence-electron chi connectivity index (χ1n) is 4.00. The van der Waals surface area contributed by atoms with E-state index >= 15 is 0 Å². The van der Waals surface area contributed by atoms with Crippen molar-refractivity contribution >= 4 is 41.5 Å². The molecule has 4 nitrogen and oxygen atoms in total. The molecule has 2 amide bonds. The number of nitrogens with two attached hydrogens (primary N) is 1. The van der Waals surface area contributed by atoms with Crippen molar-refractivity contribution < 1.29 is 9.59 Å². The molecule has 0 unspecified atom stereocenters. The van der Waals surface area contributed by atoms with Crippen molar-refractivity contribution in [2.24, 2.45) is 5.73 Å². The topological polar surface area (TPSA) is 72.2 Å². The van der Waals surface area contributed by atoms with Gasteiger partial charge in [0.25, 0.3) is 0 Å². The molecule has 0 bridgehead atoms. The predicted octanol–water partition coefficient (Wildman–Crippen LogP) is 1.36. The van der Waals surface area contributed by atoms with E-state index in [1.165, 1.54) is 0 Å². The van der Waals surface area contributed by atoms with E-state index in [9.17, 15) is 9.59 Å². The number of carbonyl (C=O) groups excluding carboxylic acids is 2. The normalized spacial score (nSPS) is 12.7. The first-order valence-corrected chi connectivity index (χ1v) is 4.38. The molecular weight excluding hydrogens is 239 g/mol. The van der Waals surface area contributed by atoms with Crippen molar-refractivity contribution in [3.8, 4) is 0 Å². The van der Waals surface area contributed by atoms with E-state index in [2.05, 4.69) is 5.32 Å². The number of carbonyl (C=O) groups is 2. The van der Waals surface area contributed by atoms with E-state index in [0.717, 1.165) is 5.56 Å². The molecule has 0 radical (unpaired) electrons. The van der Waals surface area contributed by atoms with Crippen LogP contribution in [0.2, 0.25) is 5.02 Å². The Kier molecular flexibility index (Phi) is 3.21. The molecular formula is C9H8Cl2N2O2. The molecule has 2 rings (SSSR count). The van der Waals surface area contributed by atoms with Gasteiger partial charge >= 0.3 is 0 Å². The van der Waals surface area contributed by atoms with Crippen LogP contribution in [0.1, 0.15) is 15.9 Å². The Morgan fingerprint density at radius 1 is 1.47 bits per heavy atom. The Labute approximate surface area is 97.2 Å². The molecule has 6 heteroatoms. The Balaban J connectivity index is 0.00000112.